The van der Waals surface area contributed by atoms with E-state index in [1.165, 1.54) is 37.4 Å². The molecule has 0 atom stereocenters. The highest BCUT2D eigenvalue weighted by Gasteiger charge is 2.31. The van der Waals surface area contributed by atoms with Crippen LogP contribution in [0.1, 0.15) is 51.0 Å². The van der Waals surface area contributed by atoms with Gasteiger partial charge < -0.3 is 4.74 Å². The first-order valence-electron chi connectivity index (χ1n) is 9.37. The lowest BCUT2D eigenvalue weighted by Gasteiger charge is -2.16. The molecule has 0 N–H and O–H groups in total. The minimum atomic E-state index is 0.0355. The molecule has 2 aliphatic heterocycles. The first kappa shape index (κ1) is 19.2. The molecule has 2 heterocycles. The molecular weight excluding hydrogens is 362 g/mol. The molecule has 1 aromatic carbocycles. The SMILES string of the molecule is CCCCCCCCN1C(=O)/C(=C/C2=Cc3ccccc3OC2)SC1=S. The predicted octanol–water partition coefficient (Wildman–Crippen LogP) is 5.57. The zero-order valence-corrected chi connectivity index (χ0v) is 16.8. The van der Waals surface area contributed by atoms with Crippen LogP contribution in [0.15, 0.2) is 40.8 Å². The van der Waals surface area contributed by atoms with Crippen LogP contribution in [0.25, 0.3) is 6.08 Å². The van der Waals surface area contributed by atoms with Crippen LogP contribution in [-0.4, -0.2) is 28.3 Å². The van der Waals surface area contributed by atoms with Crippen molar-refractivity contribution in [2.24, 2.45) is 0 Å². The number of hydrogen-bond donors (Lipinski definition) is 0. The van der Waals surface area contributed by atoms with Gasteiger partial charge in [0.05, 0.1) is 4.91 Å². The second kappa shape index (κ2) is 9.38. The van der Waals surface area contributed by atoms with Crippen LogP contribution >= 0.6 is 24.0 Å². The van der Waals surface area contributed by atoms with Crippen LogP contribution in [-0.2, 0) is 4.79 Å². The number of fused-ring (bicyclic) bond motifs is 1. The maximum Gasteiger partial charge on any atom is 0.266 e. The highest BCUT2D eigenvalue weighted by Crippen LogP contribution is 2.34. The highest BCUT2D eigenvalue weighted by atomic mass is 32.2. The standard InChI is InChI=1S/C21H25NO2S2/c1-2-3-4-5-6-9-12-22-20(23)19(26-21(22)25)14-16-13-17-10-7-8-11-18(17)24-15-16/h7-8,10-11,13-14H,2-6,9,12,15H2,1H3/b19-14-. The van der Waals surface area contributed by atoms with E-state index in [9.17, 15) is 4.79 Å². The van der Waals surface area contributed by atoms with E-state index < -0.39 is 0 Å². The fourth-order valence-electron chi connectivity index (χ4n) is 3.13. The summed E-state index contributed by atoms with van der Waals surface area (Å²) in [4.78, 5) is 15.1. The average Bonchev–Trinajstić information content (AvgIpc) is 2.91. The van der Waals surface area contributed by atoms with Crippen molar-refractivity contribution in [3.05, 3.63) is 46.4 Å². The van der Waals surface area contributed by atoms with E-state index in [2.05, 4.69) is 13.0 Å². The van der Waals surface area contributed by atoms with E-state index in [0.717, 1.165) is 36.3 Å². The normalized spacial score (nSPS) is 18.1. The first-order valence-corrected chi connectivity index (χ1v) is 10.6. The van der Waals surface area contributed by atoms with E-state index in [0.29, 0.717) is 15.8 Å². The van der Waals surface area contributed by atoms with Gasteiger partial charge in [0, 0.05) is 12.1 Å². The Kier molecular flexibility index (Phi) is 6.92. The monoisotopic (exact) mass is 387 g/mol. The van der Waals surface area contributed by atoms with Crippen LogP contribution in [0, 0.1) is 0 Å². The third kappa shape index (κ3) is 4.77. The summed E-state index contributed by atoms with van der Waals surface area (Å²) >= 11 is 6.82. The number of nitrogens with zero attached hydrogens (tertiary/aromatic N) is 1. The van der Waals surface area contributed by atoms with Crippen LogP contribution in [0.4, 0.5) is 0 Å². The molecule has 5 heteroatoms. The van der Waals surface area contributed by atoms with Crippen LogP contribution < -0.4 is 4.74 Å². The number of thiocarbonyl (C=S) groups is 1. The molecule has 3 rings (SSSR count). The number of rotatable bonds is 8. The largest absolute Gasteiger partial charge is 0.488 e. The second-order valence-corrected chi connectivity index (χ2v) is 8.32. The number of para-hydroxylation sites is 1. The Bertz CT molecular complexity index is 739. The minimum absolute atomic E-state index is 0.0355. The van der Waals surface area contributed by atoms with Crippen molar-refractivity contribution in [2.45, 2.75) is 45.4 Å². The maximum absolute atomic E-state index is 12.7. The zero-order chi connectivity index (χ0) is 18.4. The van der Waals surface area contributed by atoms with E-state index in [1.807, 2.05) is 30.3 Å². The molecular formula is C21H25NO2S2. The zero-order valence-electron chi connectivity index (χ0n) is 15.2. The number of carbonyl (C=O) groups is 1. The molecule has 0 spiro atoms. The smallest absolute Gasteiger partial charge is 0.266 e. The van der Waals surface area contributed by atoms with Gasteiger partial charge in [-0.15, -0.1) is 0 Å². The van der Waals surface area contributed by atoms with Gasteiger partial charge in [0.1, 0.15) is 16.7 Å². The Balaban J connectivity index is 1.58. The van der Waals surface area contributed by atoms with Gasteiger partial charge in [-0.05, 0) is 30.2 Å². The van der Waals surface area contributed by atoms with E-state index in [4.69, 9.17) is 17.0 Å². The lowest BCUT2D eigenvalue weighted by molar-refractivity contribution is -0.122. The fraction of sp³-hybridized carbons (Fsp3) is 0.429. The molecule has 3 nitrogen and oxygen atoms in total. The van der Waals surface area contributed by atoms with Gasteiger partial charge in [0.15, 0.2) is 0 Å². The van der Waals surface area contributed by atoms with E-state index in [1.54, 1.807) is 4.90 Å². The quantitative estimate of drug-likeness (QED) is 0.331. The van der Waals surface area contributed by atoms with Crippen LogP contribution in [0.5, 0.6) is 5.75 Å². The highest BCUT2D eigenvalue weighted by molar-refractivity contribution is 8.26. The Morgan fingerprint density at radius 3 is 2.81 bits per heavy atom. The van der Waals surface area contributed by atoms with Crippen molar-refractivity contribution in [3.8, 4) is 5.75 Å². The minimum Gasteiger partial charge on any atom is -0.488 e. The van der Waals surface area contributed by atoms with Gasteiger partial charge in [-0.2, -0.15) is 0 Å². The van der Waals surface area contributed by atoms with Crippen molar-refractivity contribution in [1.82, 2.24) is 4.90 Å². The first-order chi connectivity index (χ1) is 12.7. The third-order valence-corrected chi connectivity index (χ3v) is 5.96. The Morgan fingerprint density at radius 1 is 1.19 bits per heavy atom. The second-order valence-electron chi connectivity index (χ2n) is 6.65. The molecule has 0 bridgehead atoms. The maximum atomic E-state index is 12.7. The van der Waals surface area contributed by atoms with E-state index >= 15 is 0 Å². The lowest BCUT2D eigenvalue weighted by atomic mass is 10.1. The summed E-state index contributed by atoms with van der Waals surface area (Å²) in [6.07, 6.45) is 11.3. The Labute approximate surface area is 165 Å². The molecule has 0 aliphatic carbocycles. The fourth-order valence-corrected chi connectivity index (χ4v) is 4.45. The van der Waals surface area contributed by atoms with Crippen molar-refractivity contribution in [1.29, 1.82) is 0 Å². The Morgan fingerprint density at radius 2 is 1.96 bits per heavy atom. The van der Waals surface area contributed by atoms with Gasteiger partial charge >= 0.3 is 0 Å². The number of unbranched alkanes of at least 4 members (excludes halogenated alkanes) is 5. The van der Waals surface area contributed by atoms with Crippen LogP contribution in [0.3, 0.4) is 0 Å². The Hall–Kier alpha value is -1.59. The molecule has 138 valence electrons. The van der Waals surface area contributed by atoms with Gasteiger partial charge in [0.25, 0.3) is 5.91 Å². The van der Waals surface area contributed by atoms with Crippen LogP contribution in [0.2, 0.25) is 0 Å². The molecule has 1 fully saturated rings. The third-order valence-electron chi connectivity index (χ3n) is 4.58. The summed E-state index contributed by atoms with van der Waals surface area (Å²) in [5.41, 5.74) is 2.05. The average molecular weight is 388 g/mol. The van der Waals surface area contributed by atoms with Crippen molar-refractivity contribution >= 4 is 40.3 Å². The summed E-state index contributed by atoms with van der Waals surface area (Å²) in [7, 11) is 0. The number of carbonyl (C=O) groups excluding carboxylic acids is 1. The number of ether oxygens (including phenoxy) is 1. The topological polar surface area (TPSA) is 29.5 Å². The summed E-state index contributed by atoms with van der Waals surface area (Å²) in [6, 6.07) is 7.93. The summed E-state index contributed by atoms with van der Waals surface area (Å²) in [5, 5.41) is 0. The molecule has 2 aliphatic rings. The van der Waals surface area contributed by atoms with Gasteiger partial charge in [-0.3, -0.25) is 9.69 Å². The van der Waals surface area contributed by atoms with E-state index in [-0.39, 0.29) is 5.91 Å². The summed E-state index contributed by atoms with van der Waals surface area (Å²) < 4.78 is 6.44. The van der Waals surface area contributed by atoms with Crippen molar-refractivity contribution < 1.29 is 9.53 Å². The molecule has 0 unspecified atom stereocenters. The number of amides is 1. The molecule has 26 heavy (non-hydrogen) atoms. The summed E-state index contributed by atoms with van der Waals surface area (Å²) in [6.45, 7) is 3.43. The number of benzene rings is 1. The van der Waals surface area contributed by atoms with Gasteiger partial charge in [-0.25, -0.2) is 0 Å². The lowest BCUT2D eigenvalue weighted by Crippen LogP contribution is -2.29. The number of hydrogen-bond acceptors (Lipinski definition) is 4. The predicted molar refractivity (Wildman–Crippen MR) is 113 cm³/mol. The van der Waals surface area contributed by atoms with Crippen molar-refractivity contribution in [2.75, 3.05) is 13.2 Å². The van der Waals surface area contributed by atoms with Gasteiger partial charge in [0.2, 0.25) is 0 Å². The van der Waals surface area contributed by atoms with Gasteiger partial charge in [-0.1, -0.05) is 81.2 Å². The van der Waals surface area contributed by atoms with Crippen molar-refractivity contribution in [3.63, 3.8) is 0 Å². The molecule has 0 saturated carbocycles. The molecule has 1 saturated heterocycles. The number of thioether (sulfide) groups is 1. The molecule has 0 aromatic heterocycles. The summed E-state index contributed by atoms with van der Waals surface area (Å²) in [5.74, 6) is 0.925. The molecule has 1 aromatic rings. The molecule has 1 amide bonds. The molecule has 0 radical (unpaired) electrons.